The van der Waals surface area contributed by atoms with Crippen LogP contribution in [0.15, 0.2) is 103 Å². The molecular weight excluding hydrogens is 466 g/mol. The van der Waals surface area contributed by atoms with Gasteiger partial charge in [-0.3, -0.25) is 19.6 Å². The summed E-state index contributed by atoms with van der Waals surface area (Å²) in [5.74, 6) is -1.03. The van der Waals surface area contributed by atoms with Gasteiger partial charge in [-0.1, -0.05) is 35.9 Å². The summed E-state index contributed by atoms with van der Waals surface area (Å²) in [5, 5.41) is 11.3. The van der Waals surface area contributed by atoms with E-state index in [1.54, 1.807) is 73.3 Å². The second-order valence-electron chi connectivity index (χ2n) is 8.87. The molecule has 0 saturated carbocycles. The molecule has 2 aromatic carbocycles. The topological polar surface area (TPSA) is 92.6 Å². The first kappa shape index (κ1) is 23.9. The zero-order valence-electron chi connectivity index (χ0n) is 20.2. The minimum atomic E-state index is -0.779. The molecule has 1 saturated heterocycles. The smallest absolute Gasteiger partial charge is 0.295 e. The van der Waals surface area contributed by atoms with Crippen molar-refractivity contribution < 1.29 is 19.4 Å². The number of aliphatic hydroxyl groups is 1. The predicted octanol–water partition coefficient (Wildman–Crippen LogP) is 4.99. The quantitative estimate of drug-likeness (QED) is 0.223. The van der Waals surface area contributed by atoms with Gasteiger partial charge in [0.1, 0.15) is 18.1 Å². The summed E-state index contributed by atoms with van der Waals surface area (Å²) >= 11 is 0. The van der Waals surface area contributed by atoms with Gasteiger partial charge in [0.2, 0.25) is 0 Å². The molecule has 1 amide bonds. The van der Waals surface area contributed by atoms with Crippen LogP contribution in [0.4, 0.5) is 0 Å². The Kier molecular flexibility index (Phi) is 6.76. The number of ether oxygens (including phenoxy) is 1. The standard InChI is InChI=1S/C30H25N3O4/c1-20-4-2-5-22(16-20)19-37-25-9-7-23(8-10-25)28(34)26-27(24-6-3-13-32-17-24)33(30(36)29(26)35)18-21-11-14-31-15-12-21/h2-17,27,34H,18-19H2,1H3/t27-/m1/s1. The Labute approximate surface area is 214 Å². The van der Waals surface area contributed by atoms with E-state index < -0.39 is 17.7 Å². The number of aryl methyl sites for hydroxylation is 1. The SMILES string of the molecule is Cc1cccc(COc2ccc(C(O)=C3C(=O)C(=O)N(Cc4ccncc4)[C@@H]3c3cccnc3)cc2)c1. The molecule has 0 spiro atoms. The number of amides is 1. The highest BCUT2D eigenvalue weighted by Gasteiger charge is 2.46. The number of aromatic nitrogens is 2. The van der Waals surface area contributed by atoms with E-state index in [-0.39, 0.29) is 17.9 Å². The molecule has 2 aromatic heterocycles. The Bertz CT molecular complexity index is 1450. The number of likely N-dealkylation sites (tertiary alicyclic amines) is 1. The molecule has 5 rings (SSSR count). The molecule has 1 fully saturated rings. The van der Waals surface area contributed by atoms with Gasteiger partial charge in [-0.2, -0.15) is 0 Å². The maximum Gasteiger partial charge on any atom is 0.295 e. The third-order valence-corrected chi connectivity index (χ3v) is 6.26. The van der Waals surface area contributed by atoms with Crippen LogP contribution in [-0.2, 0) is 22.7 Å². The van der Waals surface area contributed by atoms with E-state index >= 15 is 0 Å². The maximum absolute atomic E-state index is 13.2. The Morgan fingerprint density at radius 2 is 1.70 bits per heavy atom. The minimum absolute atomic E-state index is 0.0282. The fourth-order valence-electron chi connectivity index (χ4n) is 4.45. The largest absolute Gasteiger partial charge is 0.507 e. The number of ketones is 1. The van der Waals surface area contributed by atoms with Gasteiger partial charge < -0.3 is 14.7 Å². The molecule has 7 nitrogen and oxygen atoms in total. The van der Waals surface area contributed by atoms with Crippen LogP contribution >= 0.6 is 0 Å². The van der Waals surface area contributed by atoms with E-state index in [0.717, 1.165) is 16.7 Å². The van der Waals surface area contributed by atoms with Gasteiger partial charge in [-0.15, -0.1) is 0 Å². The summed E-state index contributed by atoms with van der Waals surface area (Å²) in [6.07, 6.45) is 6.49. The average molecular weight is 492 g/mol. The summed E-state index contributed by atoms with van der Waals surface area (Å²) in [6, 6.07) is 21.2. The third-order valence-electron chi connectivity index (χ3n) is 6.26. The monoisotopic (exact) mass is 491 g/mol. The first-order valence-electron chi connectivity index (χ1n) is 11.9. The lowest BCUT2D eigenvalue weighted by atomic mass is 9.96. The van der Waals surface area contributed by atoms with Crippen molar-refractivity contribution in [2.24, 2.45) is 0 Å². The van der Waals surface area contributed by atoms with Crippen molar-refractivity contribution in [1.29, 1.82) is 0 Å². The molecule has 7 heteroatoms. The number of pyridine rings is 2. The number of nitrogens with zero attached hydrogens (tertiary/aromatic N) is 3. The number of aliphatic hydroxyl groups excluding tert-OH is 1. The highest BCUT2D eigenvalue weighted by atomic mass is 16.5. The second kappa shape index (κ2) is 10.5. The van der Waals surface area contributed by atoms with Crippen LogP contribution in [0.5, 0.6) is 5.75 Å². The van der Waals surface area contributed by atoms with E-state index in [9.17, 15) is 14.7 Å². The third kappa shape index (κ3) is 5.11. The lowest BCUT2D eigenvalue weighted by Crippen LogP contribution is -2.29. The van der Waals surface area contributed by atoms with Gasteiger partial charge in [0, 0.05) is 36.9 Å². The second-order valence-corrected chi connectivity index (χ2v) is 8.87. The zero-order chi connectivity index (χ0) is 25.8. The first-order valence-corrected chi connectivity index (χ1v) is 11.9. The number of hydrogen-bond donors (Lipinski definition) is 1. The number of benzene rings is 2. The summed E-state index contributed by atoms with van der Waals surface area (Å²) < 4.78 is 5.88. The fourth-order valence-corrected chi connectivity index (χ4v) is 4.45. The van der Waals surface area contributed by atoms with Crippen molar-refractivity contribution in [1.82, 2.24) is 14.9 Å². The Morgan fingerprint density at radius 1 is 0.919 bits per heavy atom. The Balaban J connectivity index is 1.45. The van der Waals surface area contributed by atoms with Crippen molar-refractivity contribution in [2.45, 2.75) is 26.1 Å². The van der Waals surface area contributed by atoms with E-state index in [4.69, 9.17) is 4.74 Å². The van der Waals surface area contributed by atoms with Gasteiger partial charge in [0.25, 0.3) is 11.7 Å². The number of rotatable bonds is 7. The van der Waals surface area contributed by atoms with Crippen molar-refractivity contribution in [3.05, 3.63) is 131 Å². The minimum Gasteiger partial charge on any atom is -0.507 e. The van der Waals surface area contributed by atoms with E-state index in [2.05, 4.69) is 16.0 Å². The van der Waals surface area contributed by atoms with Crippen LogP contribution in [0.3, 0.4) is 0 Å². The van der Waals surface area contributed by atoms with Crippen LogP contribution < -0.4 is 4.74 Å². The predicted molar refractivity (Wildman–Crippen MR) is 138 cm³/mol. The molecule has 1 N–H and O–H groups in total. The van der Waals surface area contributed by atoms with Crippen LogP contribution in [-0.4, -0.2) is 31.7 Å². The lowest BCUT2D eigenvalue weighted by molar-refractivity contribution is -0.140. The van der Waals surface area contributed by atoms with E-state index in [1.807, 2.05) is 25.1 Å². The summed E-state index contributed by atoms with van der Waals surface area (Å²) in [5.41, 5.74) is 4.11. The molecule has 37 heavy (non-hydrogen) atoms. The molecule has 0 radical (unpaired) electrons. The molecule has 0 unspecified atom stereocenters. The molecule has 1 aliphatic rings. The zero-order valence-corrected chi connectivity index (χ0v) is 20.2. The number of hydrogen-bond acceptors (Lipinski definition) is 6. The fraction of sp³-hybridized carbons (Fsp3) is 0.133. The van der Waals surface area contributed by atoms with Crippen molar-refractivity contribution in [3.63, 3.8) is 0 Å². The molecule has 4 aromatic rings. The number of Topliss-reactive ketones (excluding diaryl/α,β-unsaturated/α-hetero) is 1. The highest BCUT2D eigenvalue weighted by Crippen LogP contribution is 2.40. The van der Waals surface area contributed by atoms with Crippen molar-refractivity contribution >= 4 is 17.4 Å². The lowest BCUT2D eigenvalue weighted by Gasteiger charge is -2.25. The normalized spacial score (nSPS) is 16.7. The van der Waals surface area contributed by atoms with Crippen LogP contribution in [0, 0.1) is 6.92 Å². The number of carbonyl (C=O) groups excluding carboxylic acids is 2. The molecule has 3 heterocycles. The van der Waals surface area contributed by atoms with Gasteiger partial charge >= 0.3 is 0 Å². The molecule has 0 bridgehead atoms. The van der Waals surface area contributed by atoms with Gasteiger partial charge in [0.05, 0.1) is 11.6 Å². The van der Waals surface area contributed by atoms with Crippen LogP contribution in [0.2, 0.25) is 0 Å². The maximum atomic E-state index is 13.2. The molecule has 1 atom stereocenters. The highest BCUT2D eigenvalue weighted by molar-refractivity contribution is 6.46. The molecule has 0 aliphatic carbocycles. The van der Waals surface area contributed by atoms with Crippen molar-refractivity contribution in [2.75, 3.05) is 0 Å². The van der Waals surface area contributed by atoms with Gasteiger partial charge in [-0.05, 0) is 66.1 Å². The Morgan fingerprint density at radius 3 is 2.41 bits per heavy atom. The molecule has 184 valence electrons. The van der Waals surface area contributed by atoms with E-state index in [1.165, 1.54) is 4.90 Å². The average Bonchev–Trinajstić information content (AvgIpc) is 3.18. The van der Waals surface area contributed by atoms with Crippen LogP contribution in [0.25, 0.3) is 5.76 Å². The summed E-state index contributed by atoms with van der Waals surface area (Å²) in [4.78, 5) is 35.9. The van der Waals surface area contributed by atoms with Crippen molar-refractivity contribution in [3.8, 4) is 5.75 Å². The van der Waals surface area contributed by atoms with E-state index in [0.29, 0.717) is 23.5 Å². The van der Waals surface area contributed by atoms with Gasteiger partial charge in [-0.25, -0.2) is 0 Å². The molecular formula is C30H25N3O4. The Hall–Kier alpha value is -4.78. The summed E-state index contributed by atoms with van der Waals surface area (Å²) in [6.45, 7) is 2.63. The van der Waals surface area contributed by atoms with Crippen LogP contribution in [0.1, 0.15) is 33.9 Å². The number of carbonyl (C=O) groups is 2. The molecule has 1 aliphatic heterocycles. The van der Waals surface area contributed by atoms with Gasteiger partial charge in [0.15, 0.2) is 0 Å². The first-order chi connectivity index (χ1) is 18.0. The summed E-state index contributed by atoms with van der Waals surface area (Å²) in [7, 11) is 0.